The Morgan fingerprint density at radius 2 is 2.60 bits per heavy atom. The van der Waals surface area contributed by atoms with Gasteiger partial charge in [-0.3, -0.25) is 9.69 Å². The fraction of sp³-hybridized carbons (Fsp3) is 0.545. The summed E-state index contributed by atoms with van der Waals surface area (Å²) in [5.41, 5.74) is 0.723. The van der Waals surface area contributed by atoms with Crippen LogP contribution in [0.4, 0.5) is 0 Å². The van der Waals surface area contributed by atoms with Gasteiger partial charge >= 0.3 is 0 Å². The zero-order valence-electron chi connectivity index (χ0n) is 8.90. The molecule has 15 heavy (non-hydrogen) atoms. The first-order chi connectivity index (χ1) is 7.27. The summed E-state index contributed by atoms with van der Waals surface area (Å²) < 4.78 is 0. The maximum atomic E-state index is 11.8. The van der Waals surface area contributed by atoms with Gasteiger partial charge in [-0.25, -0.2) is 0 Å². The van der Waals surface area contributed by atoms with Gasteiger partial charge in [0.15, 0.2) is 5.78 Å². The van der Waals surface area contributed by atoms with Crippen LogP contribution in [-0.2, 0) is 0 Å². The molecule has 3 nitrogen and oxygen atoms in total. The predicted octanol–water partition coefficient (Wildman–Crippen LogP) is 1.63. The van der Waals surface area contributed by atoms with Crippen molar-refractivity contribution in [1.82, 2.24) is 9.88 Å². The molecule has 1 aromatic rings. The summed E-state index contributed by atoms with van der Waals surface area (Å²) in [6.45, 7) is 3.76. The minimum Gasteiger partial charge on any atom is -0.359 e. The summed E-state index contributed by atoms with van der Waals surface area (Å²) in [6.07, 6.45) is 1.79. The van der Waals surface area contributed by atoms with E-state index in [2.05, 4.69) is 16.8 Å². The average Bonchev–Trinajstić information content (AvgIpc) is 2.74. The van der Waals surface area contributed by atoms with Gasteiger partial charge in [0.2, 0.25) is 0 Å². The van der Waals surface area contributed by atoms with E-state index in [0.29, 0.717) is 12.6 Å². The molecule has 0 amide bonds. The highest BCUT2D eigenvalue weighted by Crippen LogP contribution is 2.16. The van der Waals surface area contributed by atoms with Crippen molar-refractivity contribution in [1.29, 1.82) is 0 Å². The monoisotopic (exact) mass is 224 g/mol. The first-order valence-corrected chi connectivity index (χ1v) is 6.41. The number of Topliss-reactive ketones (excluding diaryl/α,β-unsaturated/α-hetero) is 1. The van der Waals surface area contributed by atoms with Crippen LogP contribution in [0.15, 0.2) is 18.3 Å². The normalized spacial score (nSPS) is 22.9. The van der Waals surface area contributed by atoms with E-state index in [1.165, 1.54) is 0 Å². The van der Waals surface area contributed by atoms with Gasteiger partial charge in [0.25, 0.3) is 0 Å². The van der Waals surface area contributed by atoms with Crippen LogP contribution in [0.25, 0.3) is 0 Å². The average molecular weight is 224 g/mol. The second kappa shape index (κ2) is 4.86. The van der Waals surface area contributed by atoms with Gasteiger partial charge in [0.05, 0.1) is 12.2 Å². The van der Waals surface area contributed by atoms with E-state index in [4.69, 9.17) is 0 Å². The fourth-order valence-corrected chi connectivity index (χ4v) is 2.85. The number of carbonyl (C=O) groups is 1. The second-order valence-corrected chi connectivity index (χ2v) is 5.05. The molecule has 1 aromatic heterocycles. The summed E-state index contributed by atoms with van der Waals surface area (Å²) >= 11 is 1.97. The van der Waals surface area contributed by atoms with E-state index >= 15 is 0 Å². The number of hydrogen-bond acceptors (Lipinski definition) is 3. The number of carbonyl (C=O) groups excluding carboxylic acids is 1. The summed E-state index contributed by atoms with van der Waals surface area (Å²) in [6, 6.07) is 4.22. The van der Waals surface area contributed by atoms with Crippen molar-refractivity contribution in [2.45, 2.75) is 13.0 Å². The third kappa shape index (κ3) is 2.63. The zero-order chi connectivity index (χ0) is 10.7. The molecular weight excluding hydrogens is 208 g/mol. The van der Waals surface area contributed by atoms with Crippen molar-refractivity contribution in [3.63, 3.8) is 0 Å². The Morgan fingerprint density at radius 1 is 1.73 bits per heavy atom. The van der Waals surface area contributed by atoms with Crippen LogP contribution in [0.2, 0.25) is 0 Å². The molecule has 1 aliphatic rings. The lowest BCUT2D eigenvalue weighted by Gasteiger charge is -2.32. The van der Waals surface area contributed by atoms with Gasteiger partial charge in [-0.05, 0) is 19.1 Å². The largest absolute Gasteiger partial charge is 0.359 e. The highest BCUT2D eigenvalue weighted by Gasteiger charge is 2.21. The van der Waals surface area contributed by atoms with Crippen LogP contribution < -0.4 is 0 Å². The molecule has 1 fully saturated rings. The van der Waals surface area contributed by atoms with Crippen LogP contribution >= 0.6 is 11.8 Å². The molecule has 2 heterocycles. The quantitative estimate of drug-likeness (QED) is 0.793. The Balaban J connectivity index is 1.93. The van der Waals surface area contributed by atoms with E-state index in [-0.39, 0.29) is 5.78 Å². The predicted molar refractivity (Wildman–Crippen MR) is 63.5 cm³/mol. The van der Waals surface area contributed by atoms with Crippen LogP contribution in [0.5, 0.6) is 0 Å². The molecular formula is C11H16N2OS. The molecule has 0 radical (unpaired) electrons. The van der Waals surface area contributed by atoms with Gasteiger partial charge in [0, 0.05) is 30.3 Å². The molecule has 0 aliphatic carbocycles. The number of aromatic amines is 1. The van der Waals surface area contributed by atoms with Crippen molar-refractivity contribution in [3.05, 3.63) is 24.0 Å². The Morgan fingerprint density at radius 3 is 3.27 bits per heavy atom. The van der Waals surface area contributed by atoms with Gasteiger partial charge in [-0.1, -0.05) is 0 Å². The number of nitrogens with zero attached hydrogens (tertiary/aromatic N) is 1. The van der Waals surface area contributed by atoms with Gasteiger partial charge in [-0.2, -0.15) is 11.8 Å². The molecule has 0 saturated carbocycles. The van der Waals surface area contributed by atoms with E-state index < -0.39 is 0 Å². The summed E-state index contributed by atoms with van der Waals surface area (Å²) in [5, 5.41) is 0. The first kappa shape index (κ1) is 10.8. The number of aromatic nitrogens is 1. The molecule has 1 aliphatic heterocycles. The number of rotatable bonds is 3. The maximum absolute atomic E-state index is 11.8. The lowest BCUT2D eigenvalue weighted by atomic mass is 10.2. The molecule has 82 valence electrons. The molecule has 1 atom stereocenters. The van der Waals surface area contributed by atoms with Crippen LogP contribution in [0, 0.1) is 0 Å². The summed E-state index contributed by atoms with van der Waals surface area (Å²) in [4.78, 5) is 17.1. The number of H-pyrrole nitrogens is 1. The minimum atomic E-state index is 0.193. The Hall–Kier alpha value is -0.740. The van der Waals surface area contributed by atoms with Crippen LogP contribution in [-0.4, -0.2) is 46.3 Å². The topological polar surface area (TPSA) is 36.1 Å². The van der Waals surface area contributed by atoms with Crippen molar-refractivity contribution < 1.29 is 4.79 Å². The third-order valence-electron chi connectivity index (χ3n) is 2.75. The smallest absolute Gasteiger partial charge is 0.192 e. The molecule has 2 rings (SSSR count). The van der Waals surface area contributed by atoms with Crippen molar-refractivity contribution >= 4 is 17.5 Å². The van der Waals surface area contributed by atoms with Crippen molar-refractivity contribution in [2.75, 3.05) is 24.6 Å². The second-order valence-electron chi connectivity index (χ2n) is 3.90. The lowest BCUT2D eigenvalue weighted by molar-refractivity contribution is 0.0907. The van der Waals surface area contributed by atoms with Crippen molar-refractivity contribution in [3.8, 4) is 0 Å². The molecule has 0 spiro atoms. The molecule has 1 N–H and O–H groups in total. The van der Waals surface area contributed by atoms with E-state index in [9.17, 15) is 4.79 Å². The SMILES string of the molecule is CC1CSCCN1CC(=O)c1ccc[nH]1. The van der Waals surface area contributed by atoms with Gasteiger partial charge < -0.3 is 4.98 Å². The van der Waals surface area contributed by atoms with Crippen molar-refractivity contribution in [2.24, 2.45) is 0 Å². The molecule has 0 bridgehead atoms. The third-order valence-corrected chi connectivity index (χ3v) is 3.94. The standard InChI is InChI=1S/C11H16N2OS/c1-9-8-15-6-5-13(9)7-11(14)10-3-2-4-12-10/h2-4,9,12H,5-8H2,1H3. The molecule has 1 saturated heterocycles. The summed E-state index contributed by atoms with van der Waals surface area (Å²) in [5.74, 6) is 2.47. The number of nitrogens with one attached hydrogen (secondary N) is 1. The highest BCUT2D eigenvalue weighted by molar-refractivity contribution is 7.99. The lowest BCUT2D eigenvalue weighted by Crippen LogP contribution is -2.43. The Kier molecular flexibility index (Phi) is 3.49. The van der Waals surface area contributed by atoms with Gasteiger partial charge in [0.1, 0.15) is 0 Å². The number of hydrogen-bond donors (Lipinski definition) is 1. The van der Waals surface area contributed by atoms with Crippen LogP contribution in [0.1, 0.15) is 17.4 Å². The number of thioether (sulfide) groups is 1. The molecule has 1 unspecified atom stereocenters. The highest BCUT2D eigenvalue weighted by atomic mass is 32.2. The minimum absolute atomic E-state index is 0.193. The maximum Gasteiger partial charge on any atom is 0.192 e. The zero-order valence-corrected chi connectivity index (χ0v) is 9.72. The van der Waals surface area contributed by atoms with E-state index in [1.807, 2.05) is 23.9 Å². The molecule has 0 aromatic carbocycles. The summed E-state index contributed by atoms with van der Waals surface area (Å²) in [7, 11) is 0. The van der Waals surface area contributed by atoms with E-state index in [0.717, 1.165) is 23.7 Å². The van der Waals surface area contributed by atoms with Crippen LogP contribution in [0.3, 0.4) is 0 Å². The number of ketones is 1. The Labute approximate surface area is 94.2 Å². The first-order valence-electron chi connectivity index (χ1n) is 5.26. The molecule has 4 heteroatoms. The Bertz CT molecular complexity index is 323. The van der Waals surface area contributed by atoms with Gasteiger partial charge in [-0.15, -0.1) is 0 Å². The fourth-order valence-electron chi connectivity index (χ4n) is 1.77. The van der Waals surface area contributed by atoms with E-state index in [1.54, 1.807) is 6.20 Å².